The number of fused-ring (bicyclic) bond motifs is 4. The van der Waals surface area contributed by atoms with Crippen molar-refractivity contribution in [3.8, 4) is 17.2 Å². The summed E-state index contributed by atoms with van der Waals surface area (Å²) in [6.07, 6.45) is 4.49. The van der Waals surface area contributed by atoms with Gasteiger partial charge in [-0.2, -0.15) is 0 Å². The molecular formula is C25H29O6P. The van der Waals surface area contributed by atoms with Crippen LogP contribution in [-0.4, -0.2) is 18.1 Å². The van der Waals surface area contributed by atoms with Crippen molar-refractivity contribution in [2.24, 2.45) is 16.7 Å². The first-order valence-electron chi connectivity index (χ1n) is 11.0. The Morgan fingerprint density at radius 1 is 1.12 bits per heavy atom. The lowest BCUT2D eigenvalue weighted by molar-refractivity contribution is -0.0317. The van der Waals surface area contributed by atoms with Crippen LogP contribution in [0.5, 0.6) is 17.2 Å². The maximum atomic E-state index is 13.3. The van der Waals surface area contributed by atoms with Crippen LogP contribution in [0.25, 0.3) is 11.8 Å². The van der Waals surface area contributed by atoms with Crippen LogP contribution in [0.3, 0.4) is 0 Å². The summed E-state index contributed by atoms with van der Waals surface area (Å²) in [5.41, 5.74) is 0.943. The number of para-hydroxylation sites is 2. The SMILES string of the molecule is COc1cccc2c1Oc1ccccc1C=C2OP(=O)(O)O[C@@H]1C(C)(C)[C@@H]2CC[C@@]1(C)C2. The summed E-state index contributed by atoms with van der Waals surface area (Å²) in [5.74, 6) is 2.23. The topological polar surface area (TPSA) is 74.2 Å². The van der Waals surface area contributed by atoms with Crippen molar-refractivity contribution in [3.05, 3.63) is 53.6 Å². The Bertz CT molecular complexity index is 1130. The monoisotopic (exact) mass is 456 g/mol. The molecule has 3 aliphatic rings. The summed E-state index contributed by atoms with van der Waals surface area (Å²) in [6, 6.07) is 12.8. The van der Waals surface area contributed by atoms with Gasteiger partial charge in [-0.25, -0.2) is 4.57 Å². The maximum Gasteiger partial charge on any atom is 0.527 e. The van der Waals surface area contributed by atoms with E-state index in [1.54, 1.807) is 31.4 Å². The van der Waals surface area contributed by atoms with Crippen molar-refractivity contribution in [2.75, 3.05) is 7.11 Å². The third kappa shape index (κ3) is 3.45. The molecule has 0 amide bonds. The molecule has 2 fully saturated rings. The molecule has 2 saturated carbocycles. The summed E-state index contributed by atoms with van der Waals surface area (Å²) in [4.78, 5) is 10.9. The van der Waals surface area contributed by atoms with E-state index in [4.69, 9.17) is 18.5 Å². The highest BCUT2D eigenvalue weighted by atomic mass is 31.2. The largest absolute Gasteiger partial charge is 0.527 e. The fraction of sp³-hybridized carbons (Fsp3) is 0.440. The molecule has 5 rings (SSSR count). The van der Waals surface area contributed by atoms with E-state index in [0.29, 0.717) is 28.7 Å². The van der Waals surface area contributed by atoms with Gasteiger partial charge in [0.2, 0.25) is 0 Å². The molecule has 2 aliphatic carbocycles. The number of hydrogen-bond donors (Lipinski definition) is 1. The molecule has 1 N–H and O–H groups in total. The van der Waals surface area contributed by atoms with E-state index in [1.165, 1.54) is 0 Å². The van der Waals surface area contributed by atoms with E-state index in [9.17, 15) is 9.46 Å². The second-order valence-electron chi connectivity index (χ2n) is 9.95. The Kier molecular flexibility index (Phi) is 4.97. The van der Waals surface area contributed by atoms with Crippen molar-refractivity contribution < 1.29 is 28.0 Å². The van der Waals surface area contributed by atoms with Crippen LogP contribution in [0, 0.1) is 16.7 Å². The molecule has 2 bridgehead atoms. The first-order chi connectivity index (χ1) is 15.1. The highest BCUT2D eigenvalue weighted by molar-refractivity contribution is 7.47. The standard InChI is InChI=1S/C25H29O6P/c1-24(2)17-12-13-25(3,15-17)23(24)31-32(26,27)30-21-14-16-8-5-6-10-19(16)29-22-18(21)9-7-11-20(22)28-4/h5-11,14,17,23H,12-13,15H2,1-4H3,(H,26,27)/t17-,23-,25+/m1/s1. The summed E-state index contributed by atoms with van der Waals surface area (Å²) in [5, 5.41) is 0. The Morgan fingerprint density at radius 3 is 2.62 bits per heavy atom. The van der Waals surface area contributed by atoms with Crippen LogP contribution < -0.4 is 9.47 Å². The Labute approximate surface area is 188 Å². The van der Waals surface area contributed by atoms with Crippen LogP contribution >= 0.6 is 7.82 Å². The van der Waals surface area contributed by atoms with E-state index in [2.05, 4.69) is 20.8 Å². The molecule has 0 spiro atoms. The first kappa shape index (κ1) is 21.6. The van der Waals surface area contributed by atoms with Crippen LogP contribution in [-0.2, 0) is 13.6 Å². The number of methoxy groups -OCH3 is 1. The van der Waals surface area contributed by atoms with Crippen LogP contribution in [0.15, 0.2) is 42.5 Å². The molecule has 170 valence electrons. The van der Waals surface area contributed by atoms with Gasteiger partial charge < -0.3 is 14.0 Å². The van der Waals surface area contributed by atoms with Crippen molar-refractivity contribution in [2.45, 2.75) is 46.1 Å². The minimum Gasteiger partial charge on any atom is -0.493 e. The molecule has 1 aliphatic heterocycles. The van der Waals surface area contributed by atoms with Crippen molar-refractivity contribution in [1.29, 1.82) is 0 Å². The van der Waals surface area contributed by atoms with Gasteiger partial charge in [-0.1, -0.05) is 45.0 Å². The highest BCUT2D eigenvalue weighted by Gasteiger charge is 2.62. The quantitative estimate of drug-likeness (QED) is 0.508. The fourth-order valence-electron chi connectivity index (χ4n) is 5.87. The van der Waals surface area contributed by atoms with Gasteiger partial charge in [0.15, 0.2) is 11.5 Å². The zero-order valence-electron chi connectivity index (χ0n) is 18.8. The number of phosphoric acid groups is 1. The number of phosphoric ester groups is 1. The average molecular weight is 456 g/mol. The summed E-state index contributed by atoms with van der Waals surface area (Å²) < 4.78 is 36.6. The van der Waals surface area contributed by atoms with Gasteiger partial charge in [0, 0.05) is 5.56 Å². The van der Waals surface area contributed by atoms with Gasteiger partial charge in [0.25, 0.3) is 0 Å². The molecule has 0 aromatic heterocycles. The smallest absolute Gasteiger partial charge is 0.493 e. The molecule has 1 unspecified atom stereocenters. The number of rotatable bonds is 5. The van der Waals surface area contributed by atoms with E-state index in [-0.39, 0.29) is 22.7 Å². The predicted molar refractivity (Wildman–Crippen MR) is 122 cm³/mol. The molecule has 4 atom stereocenters. The van der Waals surface area contributed by atoms with Crippen molar-refractivity contribution in [3.63, 3.8) is 0 Å². The summed E-state index contributed by atoms with van der Waals surface area (Å²) >= 11 is 0. The van der Waals surface area contributed by atoms with Crippen LogP contribution in [0.4, 0.5) is 0 Å². The highest BCUT2D eigenvalue weighted by Crippen LogP contribution is 2.67. The number of benzene rings is 2. The predicted octanol–water partition coefficient (Wildman–Crippen LogP) is 6.65. The van der Waals surface area contributed by atoms with Gasteiger partial charge >= 0.3 is 7.82 Å². The summed E-state index contributed by atoms with van der Waals surface area (Å²) in [6.45, 7) is 6.41. The lowest BCUT2D eigenvalue weighted by Gasteiger charge is -2.42. The molecule has 32 heavy (non-hydrogen) atoms. The van der Waals surface area contributed by atoms with E-state index < -0.39 is 7.82 Å². The minimum atomic E-state index is -4.44. The zero-order chi connectivity index (χ0) is 22.7. The van der Waals surface area contributed by atoms with E-state index in [1.807, 2.05) is 24.3 Å². The molecule has 0 radical (unpaired) electrons. The second kappa shape index (κ2) is 7.38. The lowest BCUT2D eigenvalue weighted by Crippen LogP contribution is -2.41. The van der Waals surface area contributed by atoms with Gasteiger partial charge in [-0.05, 0) is 60.3 Å². The number of ether oxygens (including phenoxy) is 2. The molecule has 2 aromatic rings. The van der Waals surface area contributed by atoms with Crippen molar-refractivity contribution >= 4 is 19.7 Å². The van der Waals surface area contributed by atoms with Gasteiger partial charge in [-0.15, -0.1) is 0 Å². The molecular weight excluding hydrogens is 427 g/mol. The van der Waals surface area contributed by atoms with E-state index >= 15 is 0 Å². The van der Waals surface area contributed by atoms with Crippen LogP contribution in [0.1, 0.15) is 51.2 Å². The molecule has 7 heteroatoms. The fourth-order valence-corrected chi connectivity index (χ4v) is 7.11. The molecule has 6 nitrogen and oxygen atoms in total. The van der Waals surface area contributed by atoms with E-state index in [0.717, 1.165) is 24.8 Å². The zero-order valence-corrected chi connectivity index (χ0v) is 19.7. The molecule has 2 aromatic carbocycles. The van der Waals surface area contributed by atoms with Gasteiger partial charge in [0.05, 0.1) is 18.8 Å². The normalized spacial score (nSPS) is 29.1. The Hall–Kier alpha value is -2.27. The third-order valence-corrected chi connectivity index (χ3v) is 8.38. The molecule has 1 heterocycles. The number of hydrogen-bond acceptors (Lipinski definition) is 5. The second-order valence-corrected chi connectivity index (χ2v) is 11.3. The average Bonchev–Trinajstić information content (AvgIpc) is 3.16. The van der Waals surface area contributed by atoms with Crippen LogP contribution in [0.2, 0.25) is 0 Å². The third-order valence-electron chi connectivity index (χ3n) is 7.47. The lowest BCUT2D eigenvalue weighted by atomic mass is 9.70. The van der Waals surface area contributed by atoms with Gasteiger partial charge in [0.1, 0.15) is 11.5 Å². The Morgan fingerprint density at radius 2 is 1.91 bits per heavy atom. The maximum absolute atomic E-state index is 13.3. The summed E-state index contributed by atoms with van der Waals surface area (Å²) in [7, 11) is -2.88. The molecule has 0 saturated heterocycles. The minimum absolute atomic E-state index is 0.120. The van der Waals surface area contributed by atoms with Crippen molar-refractivity contribution in [1.82, 2.24) is 0 Å². The first-order valence-corrected chi connectivity index (χ1v) is 12.5. The Balaban J connectivity index is 1.52. The van der Waals surface area contributed by atoms with Gasteiger partial charge in [-0.3, -0.25) is 9.42 Å².